The van der Waals surface area contributed by atoms with Crippen LogP contribution in [0.2, 0.25) is 5.15 Å². The third kappa shape index (κ3) is 2.61. The molecule has 0 atom stereocenters. The van der Waals surface area contributed by atoms with Crippen LogP contribution in [0, 0.1) is 6.92 Å². The van der Waals surface area contributed by atoms with E-state index in [9.17, 15) is 0 Å². The monoisotopic (exact) mass is 265 g/mol. The van der Waals surface area contributed by atoms with Crippen LogP contribution >= 0.6 is 11.6 Å². The first-order valence-corrected chi connectivity index (χ1v) is 6.22. The van der Waals surface area contributed by atoms with Gasteiger partial charge < -0.3 is 5.32 Å². The zero-order chi connectivity index (χ0) is 13.1. The van der Waals surface area contributed by atoms with Gasteiger partial charge in [0.25, 0.3) is 0 Å². The van der Waals surface area contributed by atoms with Gasteiger partial charge in [0, 0.05) is 30.9 Å². The van der Waals surface area contributed by atoms with Crippen molar-refractivity contribution in [3.8, 4) is 0 Å². The summed E-state index contributed by atoms with van der Waals surface area (Å²) in [6, 6.07) is 0. The van der Waals surface area contributed by atoms with Gasteiger partial charge in [0.1, 0.15) is 17.3 Å². The van der Waals surface area contributed by atoms with Crippen molar-refractivity contribution >= 4 is 17.4 Å². The summed E-state index contributed by atoms with van der Waals surface area (Å²) in [6.07, 6.45) is 4.40. The van der Waals surface area contributed by atoms with Gasteiger partial charge in [-0.05, 0) is 13.3 Å². The van der Waals surface area contributed by atoms with Crippen molar-refractivity contribution in [1.82, 2.24) is 19.7 Å². The molecule has 2 aromatic rings. The Balaban J connectivity index is 2.13. The molecular weight excluding hydrogens is 250 g/mol. The van der Waals surface area contributed by atoms with E-state index in [0.29, 0.717) is 11.7 Å². The molecule has 2 rings (SSSR count). The van der Waals surface area contributed by atoms with E-state index in [4.69, 9.17) is 11.6 Å². The number of halogens is 1. The smallest absolute Gasteiger partial charge is 0.137 e. The molecule has 96 valence electrons. The Hall–Kier alpha value is -1.62. The average Bonchev–Trinajstić information content (AvgIpc) is 2.71. The Morgan fingerprint density at radius 2 is 2.17 bits per heavy atom. The summed E-state index contributed by atoms with van der Waals surface area (Å²) in [6.45, 7) is 4.68. The van der Waals surface area contributed by atoms with E-state index in [2.05, 4.69) is 27.3 Å². The number of aromatic nitrogens is 4. The zero-order valence-electron chi connectivity index (χ0n) is 10.7. The Morgan fingerprint density at radius 3 is 2.89 bits per heavy atom. The van der Waals surface area contributed by atoms with E-state index in [-0.39, 0.29) is 0 Å². The molecule has 0 spiro atoms. The highest BCUT2D eigenvalue weighted by Crippen LogP contribution is 2.19. The van der Waals surface area contributed by atoms with Gasteiger partial charge in [-0.25, -0.2) is 9.97 Å². The maximum atomic E-state index is 5.95. The lowest BCUT2D eigenvalue weighted by atomic mass is 10.2. The van der Waals surface area contributed by atoms with Gasteiger partial charge in [-0.2, -0.15) is 5.10 Å². The van der Waals surface area contributed by atoms with Gasteiger partial charge >= 0.3 is 0 Å². The molecule has 0 amide bonds. The van der Waals surface area contributed by atoms with Gasteiger partial charge in [0.2, 0.25) is 0 Å². The van der Waals surface area contributed by atoms with E-state index in [1.54, 1.807) is 0 Å². The average molecular weight is 266 g/mol. The molecule has 0 bridgehead atoms. The van der Waals surface area contributed by atoms with Crippen molar-refractivity contribution in [3.05, 3.63) is 34.5 Å². The van der Waals surface area contributed by atoms with Crippen LogP contribution in [0.15, 0.2) is 12.5 Å². The molecule has 0 aliphatic rings. The second-order valence-corrected chi connectivity index (χ2v) is 4.48. The quantitative estimate of drug-likeness (QED) is 0.862. The van der Waals surface area contributed by atoms with Crippen molar-refractivity contribution in [3.63, 3.8) is 0 Å². The Bertz CT molecular complexity index is 549. The SMILES string of the molecule is CCc1nn(C)cc1CNc1ncnc(Cl)c1C. The van der Waals surface area contributed by atoms with Crippen LogP contribution in [0.4, 0.5) is 5.82 Å². The van der Waals surface area contributed by atoms with Crippen molar-refractivity contribution in [2.75, 3.05) is 5.32 Å². The van der Waals surface area contributed by atoms with Crippen molar-refractivity contribution in [2.45, 2.75) is 26.8 Å². The fourth-order valence-corrected chi connectivity index (χ4v) is 1.95. The van der Waals surface area contributed by atoms with E-state index in [1.165, 1.54) is 11.9 Å². The number of rotatable bonds is 4. The number of hydrogen-bond donors (Lipinski definition) is 1. The summed E-state index contributed by atoms with van der Waals surface area (Å²) in [5.74, 6) is 0.765. The van der Waals surface area contributed by atoms with Gasteiger partial charge in [-0.1, -0.05) is 18.5 Å². The van der Waals surface area contributed by atoms with E-state index in [0.717, 1.165) is 23.5 Å². The molecule has 18 heavy (non-hydrogen) atoms. The largest absolute Gasteiger partial charge is 0.366 e. The van der Waals surface area contributed by atoms with Crippen molar-refractivity contribution in [1.29, 1.82) is 0 Å². The summed E-state index contributed by atoms with van der Waals surface area (Å²) in [5.41, 5.74) is 3.14. The highest BCUT2D eigenvalue weighted by Gasteiger charge is 2.08. The molecule has 0 aliphatic heterocycles. The molecule has 5 nitrogen and oxygen atoms in total. The Kier molecular flexibility index (Phi) is 3.81. The number of hydrogen-bond acceptors (Lipinski definition) is 4. The minimum absolute atomic E-state index is 0.481. The predicted octanol–water partition coefficient (Wildman–Crippen LogP) is 2.35. The summed E-state index contributed by atoms with van der Waals surface area (Å²) in [5, 5.41) is 8.15. The molecule has 0 radical (unpaired) electrons. The van der Waals surface area contributed by atoms with Gasteiger partial charge in [0.15, 0.2) is 0 Å². The van der Waals surface area contributed by atoms with Gasteiger partial charge in [0.05, 0.1) is 5.69 Å². The van der Waals surface area contributed by atoms with Crippen LogP contribution in [0.25, 0.3) is 0 Å². The third-order valence-corrected chi connectivity index (χ3v) is 3.18. The lowest BCUT2D eigenvalue weighted by Gasteiger charge is -2.08. The molecule has 0 saturated carbocycles. The van der Waals surface area contributed by atoms with Crippen LogP contribution in [-0.4, -0.2) is 19.7 Å². The normalized spacial score (nSPS) is 10.7. The maximum absolute atomic E-state index is 5.95. The van der Waals surface area contributed by atoms with E-state index >= 15 is 0 Å². The van der Waals surface area contributed by atoms with Crippen molar-refractivity contribution in [2.24, 2.45) is 7.05 Å². The molecule has 2 aromatic heterocycles. The fourth-order valence-electron chi connectivity index (χ4n) is 1.81. The number of anilines is 1. The highest BCUT2D eigenvalue weighted by atomic mass is 35.5. The molecule has 0 aliphatic carbocycles. The minimum atomic E-state index is 0.481. The van der Waals surface area contributed by atoms with Crippen LogP contribution in [0.3, 0.4) is 0 Å². The summed E-state index contributed by atoms with van der Waals surface area (Å²) < 4.78 is 1.83. The van der Waals surface area contributed by atoms with Crippen molar-refractivity contribution < 1.29 is 0 Å². The van der Waals surface area contributed by atoms with Crippen LogP contribution < -0.4 is 5.32 Å². The lowest BCUT2D eigenvalue weighted by Crippen LogP contribution is -2.05. The molecule has 1 N–H and O–H groups in total. The predicted molar refractivity (Wildman–Crippen MR) is 71.7 cm³/mol. The first-order chi connectivity index (χ1) is 8.61. The summed E-state index contributed by atoms with van der Waals surface area (Å²) >= 11 is 5.95. The van der Waals surface area contributed by atoms with Crippen LogP contribution in [0.1, 0.15) is 23.7 Å². The number of aryl methyl sites for hydroxylation is 2. The molecule has 0 unspecified atom stereocenters. The Labute approximate surface area is 111 Å². The summed E-state index contributed by atoms with van der Waals surface area (Å²) in [7, 11) is 1.93. The molecule has 6 heteroatoms. The van der Waals surface area contributed by atoms with Crippen LogP contribution in [-0.2, 0) is 20.0 Å². The molecule has 0 fully saturated rings. The molecule has 0 aromatic carbocycles. The first-order valence-electron chi connectivity index (χ1n) is 5.84. The second kappa shape index (κ2) is 5.35. The molecule has 0 saturated heterocycles. The van der Waals surface area contributed by atoms with Crippen LogP contribution in [0.5, 0.6) is 0 Å². The lowest BCUT2D eigenvalue weighted by molar-refractivity contribution is 0.746. The molecular formula is C12H16ClN5. The Morgan fingerprint density at radius 1 is 1.39 bits per heavy atom. The van der Waals surface area contributed by atoms with Gasteiger partial charge in [-0.3, -0.25) is 4.68 Å². The minimum Gasteiger partial charge on any atom is -0.366 e. The number of nitrogens with one attached hydrogen (secondary N) is 1. The topological polar surface area (TPSA) is 55.6 Å². The number of nitrogens with zero attached hydrogens (tertiary/aromatic N) is 4. The summed E-state index contributed by atoms with van der Waals surface area (Å²) in [4.78, 5) is 8.11. The maximum Gasteiger partial charge on any atom is 0.137 e. The highest BCUT2D eigenvalue weighted by molar-refractivity contribution is 6.30. The van der Waals surface area contributed by atoms with E-state index in [1.807, 2.05) is 24.9 Å². The second-order valence-electron chi connectivity index (χ2n) is 4.12. The fraction of sp³-hybridized carbons (Fsp3) is 0.417. The molecule has 2 heterocycles. The first kappa shape index (κ1) is 12.8. The van der Waals surface area contributed by atoms with E-state index < -0.39 is 0 Å². The zero-order valence-corrected chi connectivity index (χ0v) is 11.5. The third-order valence-electron chi connectivity index (χ3n) is 2.80. The van der Waals surface area contributed by atoms with Gasteiger partial charge in [-0.15, -0.1) is 0 Å². The standard InChI is InChI=1S/C12H16ClN5/c1-4-10-9(6-18(3)17-10)5-14-12-8(2)11(13)15-7-16-12/h6-7H,4-5H2,1-3H3,(H,14,15,16).